The molecule has 0 aliphatic carbocycles. The van der Waals surface area contributed by atoms with Gasteiger partial charge in [-0.05, 0) is 36.8 Å². The lowest BCUT2D eigenvalue weighted by Gasteiger charge is -2.33. The number of rotatable bonds is 3. The topological polar surface area (TPSA) is 59.0 Å². The van der Waals surface area contributed by atoms with E-state index in [1.165, 1.54) is 0 Å². The fourth-order valence-electron chi connectivity index (χ4n) is 3.34. The molecule has 1 aliphatic rings. The van der Waals surface area contributed by atoms with Crippen LogP contribution in [0.25, 0.3) is 21.3 Å². The molecule has 0 radical (unpaired) electrons. The summed E-state index contributed by atoms with van der Waals surface area (Å²) < 4.78 is 13.9. The summed E-state index contributed by atoms with van der Waals surface area (Å²) in [5, 5.41) is 12.1. The van der Waals surface area contributed by atoms with Gasteiger partial charge in [0, 0.05) is 23.7 Å². The van der Waals surface area contributed by atoms with Crippen molar-refractivity contribution in [1.29, 1.82) is 0 Å². The Morgan fingerprint density at radius 1 is 1.30 bits per heavy atom. The van der Waals surface area contributed by atoms with Crippen molar-refractivity contribution < 1.29 is 9.18 Å². The van der Waals surface area contributed by atoms with Crippen molar-refractivity contribution in [1.82, 2.24) is 20.1 Å². The largest absolute Gasteiger partial charge is 0.339 e. The van der Waals surface area contributed by atoms with Gasteiger partial charge >= 0.3 is 0 Å². The summed E-state index contributed by atoms with van der Waals surface area (Å²) in [6.07, 6.45) is 1.75. The minimum Gasteiger partial charge on any atom is -0.339 e. The molecular formula is C20H21FN4OS. The van der Waals surface area contributed by atoms with Gasteiger partial charge in [-0.25, -0.2) is 4.39 Å². The molecule has 1 fully saturated rings. The van der Waals surface area contributed by atoms with E-state index in [4.69, 9.17) is 0 Å². The van der Waals surface area contributed by atoms with Crippen molar-refractivity contribution in [2.45, 2.75) is 32.9 Å². The van der Waals surface area contributed by atoms with Crippen LogP contribution >= 0.6 is 11.3 Å². The number of halogens is 1. The van der Waals surface area contributed by atoms with Gasteiger partial charge in [0.15, 0.2) is 0 Å². The molecule has 1 amide bonds. The van der Waals surface area contributed by atoms with Crippen LogP contribution < -0.4 is 0 Å². The van der Waals surface area contributed by atoms with Gasteiger partial charge in [0.2, 0.25) is 5.91 Å². The van der Waals surface area contributed by atoms with Crippen LogP contribution in [0.5, 0.6) is 0 Å². The summed E-state index contributed by atoms with van der Waals surface area (Å²) in [5.74, 6) is -0.0393. The minimum atomic E-state index is -0.940. The third-order valence-corrected chi connectivity index (χ3v) is 5.99. The molecule has 4 rings (SSSR count). The first kappa shape index (κ1) is 18.0. The number of benzene rings is 1. The van der Waals surface area contributed by atoms with Gasteiger partial charge in [-0.2, -0.15) is 0 Å². The zero-order chi connectivity index (χ0) is 19.0. The van der Waals surface area contributed by atoms with E-state index in [1.54, 1.807) is 22.4 Å². The van der Waals surface area contributed by atoms with Crippen LogP contribution in [0.3, 0.4) is 0 Å². The zero-order valence-corrected chi connectivity index (χ0v) is 16.2. The van der Waals surface area contributed by atoms with Gasteiger partial charge in [-0.15, -0.1) is 10.2 Å². The molecule has 0 spiro atoms. The maximum absolute atomic E-state index is 13.9. The molecule has 1 aliphatic heterocycles. The number of aryl methyl sites for hydroxylation is 1. The van der Waals surface area contributed by atoms with Crippen LogP contribution in [0, 0.1) is 12.8 Å². The van der Waals surface area contributed by atoms with Gasteiger partial charge < -0.3 is 4.90 Å². The average Bonchev–Trinajstić information content (AvgIpc) is 3.09. The summed E-state index contributed by atoms with van der Waals surface area (Å²) in [6.45, 7) is 4.64. The molecule has 2 atom stereocenters. The molecule has 5 nitrogen and oxygen atoms in total. The number of likely N-dealkylation sites (tertiary alicyclic amines) is 1. The van der Waals surface area contributed by atoms with Crippen molar-refractivity contribution in [2.24, 2.45) is 5.92 Å². The highest BCUT2D eigenvalue weighted by molar-refractivity contribution is 7.14. The number of amides is 1. The van der Waals surface area contributed by atoms with Crippen LogP contribution in [0.1, 0.15) is 24.0 Å². The summed E-state index contributed by atoms with van der Waals surface area (Å²) in [7, 11) is 0. The van der Waals surface area contributed by atoms with Crippen molar-refractivity contribution in [3.63, 3.8) is 0 Å². The lowest BCUT2D eigenvalue weighted by atomic mass is 9.97. The van der Waals surface area contributed by atoms with Gasteiger partial charge in [-0.3, -0.25) is 9.78 Å². The highest BCUT2D eigenvalue weighted by Crippen LogP contribution is 2.27. The molecule has 0 saturated carbocycles. The second-order valence-electron chi connectivity index (χ2n) is 7.16. The van der Waals surface area contributed by atoms with Crippen LogP contribution in [-0.2, 0) is 11.2 Å². The van der Waals surface area contributed by atoms with Crippen LogP contribution in [-0.4, -0.2) is 45.2 Å². The smallest absolute Gasteiger partial charge is 0.228 e. The highest BCUT2D eigenvalue weighted by atomic mass is 32.1. The molecule has 1 aromatic carbocycles. The van der Waals surface area contributed by atoms with E-state index < -0.39 is 6.17 Å². The Labute approximate surface area is 161 Å². The van der Waals surface area contributed by atoms with Gasteiger partial charge in [0.25, 0.3) is 0 Å². The van der Waals surface area contributed by atoms with E-state index in [2.05, 4.69) is 15.2 Å². The minimum absolute atomic E-state index is 0.0234. The van der Waals surface area contributed by atoms with E-state index in [9.17, 15) is 9.18 Å². The molecule has 3 aromatic rings. The number of nitrogens with zero attached hydrogens (tertiary/aromatic N) is 4. The molecule has 140 valence electrons. The fraction of sp³-hybridized carbons (Fsp3) is 0.400. The predicted molar refractivity (Wildman–Crippen MR) is 104 cm³/mol. The summed E-state index contributed by atoms with van der Waals surface area (Å²) in [6, 6.07) is 7.99. The van der Waals surface area contributed by atoms with E-state index in [0.717, 1.165) is 26.4 Å². The Hall–Kier alpha value is -2.41. The molecule has 3 heterocycles. The number of hydrogen-bond acceptors (Lipinski definition) is 5. The van der Waals surface area contributed by atoms with E-state index in [0.29, 0.717) is 18.7 Å². The maximum Gasteiger partial charge on any atom is 0.228 e. The van der Waals surface area contributed by atoms with Crippen molar-refractivity contribution in [3.8, 4) is 10.6 Å². The van der Waals surface area contributed by atoms with Crippen molar-refractivity contribution in [3.05, 3.63) is 41.2 Å². The average molecular weight is 384 g/mol. The zero-order valence-electron chi connectivity index (χ0n) is 15.4. The number of pyridine rings is 1. The number of hydrogen-bond donors (Lipinski definition) is 0. The molecule has 0 bridgehead atoms. The molecular weight excluding hydrogens is 363 g/mol. The monoisotopic (exact) mass is 384 g/mol. The maximum atomic E-state index is 13.9. The van der Waals surface area contributed by atoms with Crippen LogP contribution in [0.15, 0.2) is 30.5 Å². The van der Waals surface area contributed by atoms with Gasteiger partial charge in [-0.1, -0.05) is 30.4 Å². The highest BCUT2D eigenvalue weighted by Gasteiger charge is 2.28. The van der Waals surface area contributed by atoms with E-state index in [1.807, 2.05) is 38.1 Å². The van der Waals surface area contributed by atoms with Gasteiger partial charge in [0.05, 0.1) is 18.7 Å². The third-order valence-electron chi connectivity index (χ3n) is 5.10. The first-order valence-electron chi connectivity index (χ1n) is 9.10. The molecule has 0 unspecified atom stereocenters. The fourth-order valence-corrected chi connectivity index (χ4v) is 4.03. The second-order valence-corrected chi connectivity index (χ2v) is 8.34. The normalized spacial score (nSPS) is 20.2. The predicted octanol–water partition coefficient (Wildman–Crippen LogP) is 3.81. The number of fused-ring (bicyclic) bond motifs is 1. The Bertz CT molecular complexity index is 989. The SMILES string of the molecule is Cc1nnc(-c2ccc3cnc(CC(=O)N4CC[C@H](C)[C@H](F)C4)cc3c2)s1. The molecule has 27 heavy (non-hydrogen) atoms. The van der Waals surface area contributed by atoms with Crippen LogP contribution in [0.4, 0.5) is 4.39 Å². The Kier molecular flexibility index (Phi) is 4.86. The van der Waals surface area contributed by atoms with E-state index in [-0.39, 0.29) is 24.8 Å². The van der Waals surface area contributed by atoms with E-state index >= 15 is 0 Å². The molecule has 1 saturated heterocycles. The molecule has 0 N–H and O–H groups in total. The summed E-state index contributed by atoms with van der Waals surface area (Å²) >= 11 is 1.55. The number of carbonyl (C=O) groups is 1. The molecule has 7 heteroatoms. The standard InChI is InChI=1S/C20H21FN4OS/c1-12-5-6-25(11-18(12)21)19(26)9-17-8-16-7-14(3-4-15(16)10-22-17)20-24-23-13(2)27-20/h3-4,7-8,10,12,18H,5-6,9,11H2,1-2H3/t12-,18+/m0/s1. The Balaban J connectivity index is 1.54. The lowest BCUT2D eigenvalue weighted by Crippen LogP contribution is -2.44. The number of alkyl halides is 1. The number of piperidine rings is 1. The summed E-state index contributed by atoms with van der Waals surface area (Å²) in [5.41, 5.74) is 1.70. The van der Waals surface area contributed by atoms with Crippen LogP contribution in [0.2, 0.25) is 0 Å². The molecule has 2 aromatic heterocycles. The number of carbonyl (C=O) groups excluding carboxylic acids is 1. The second kappa shape index (κ2) is 7.31. The lowest BCUT2D eigenvalue weighted by molar-refractivity contribution is -0.133. The Morgan fingerprint density at radius 2 is 2.15 bits per heavy atom. The van der Waals surface area contributed by atoms with Gasteiger partial charge in [0.1, 0.15) is 16.2 Å². The quantitative estimate of drug-likeness (QED) is 0.689. The van der Waals surface area contributed by atoms with Crippen molar-refractivity contribution in [2.75, 3.05) is 13.1 Å². The Morgan fingerprint density at radius 3 is 2.89 bits per heavy atom. The first-order valence-corrected chi connectivity index (χ1v) is 9.92. The van der Waals surface area contributed by atoms with Crippen molar-refractivity contribution >= 4 is 28.0 Å². The third kappa shape index (κ3) is 3.83. The first-order chi connectivity index (χ1) is 13.0. The number of aromatic nitrogens is 3. The summed E-state index contributed by atoms with van der Waals surface area (Å²) in [4.78, 5) is 18.6.